The molecule has 3 heterocycles. The third kappa shape index (κ3) is 4.49. The number of nitrogens with one attached hydrogen (secondary N) is 1. The summed E-state index contributed by atoms with van der Waals surface area (Å²) in [5.41, 5.74) is 1.13. The highest BCUT2D eigenvalue weighted by Crippen LogP contribution is 2.32. The molecule has 1 amide bonds. The Morgan fingerprint density at radius 2 is 1.76 bits per heavy atom. The van der Waals surface area contributed by atoms with E-state index in [9.17, 15) is 13.2 Å². The van der Waals surface area contributed by atoms with E-state index in [4.69, 9.17) is 0 Å². The predicted molar refractivity (Wildman–Crippen MR) is 116 cm³/mol. The third-order valence-corrected chi connectivity index (χ3v) is 8.45. The molecule has 0 atom stereocenters. The number of anilines is 1. The molecule has 8 heteroatoms. The molecule has 0 unspecified atom stereocenters. The van der Waals surface area contributed by atoms with Crippen LogP contribution in [0.5, 0.6) is 0 Å². The molecule has 2 aromatic rings. The zero-order valence-electron chi connectivity index (χ0n) is 16.5. The largest absolute Gasteiger partial charge is 0.370 e. The van der Waals surface area contributed by atoms with Crippen molar-refractivity contribution in [2.24, 2.45) is 0 Å². The minimum atomic E-state index is -3.61. The molecule has 2 aliphatic heterocycles. The number of carbonyl (C=O) groups excluding carboxylic acids is 1. The maximum Gasteiger partial charge on any atom is 0.251 e. The Kier molecular flexibility index (Phi) is 6.22. The van der Waals surface area contributed by atoms with Crippen molar-refractivity contribution in [2.75, 3.05) is 37.6 Å². The number of hydrogen-bond acceptors (Lipinski definition) is 5. The fourth-order valence-electron chi connectivity index (χ4n) is 4.00. The van der Waals surface area contributed by atoms with E-state index in [2.05, 4.69) is 10.2 Å². The van der Waals surface area contributed by atoms with Crippen molar-refractivity contribution in [3.05, 3.63) is 46.2 Å². The average molecular weight is 434 g/mol. The number of rotatable bonds is 7. The minimum Gasteiger partial charge on any atom is -0.370 e. The number of hydrogen-bond donors (Lipinski definition) is 1. The number of benzene rings is 1. The van der Waals surface area contributed by atoms with Crippen LogP contribution in [0.1, 0.15) is 40.9 Å². The second-order valence-electron chi connectivity index (χ2n) is 7.57. The highest BCUT2D eigenvalue weighted by molar-refractivity contribution is 7.89. The Morgan fingerprint density at radius 3 is 2.45 bits per heavy atom. The maximum absolute atomic E-state index is 13.3. The lowest BCUT2D eigenvalue weighted by atomic mass is 10.1. The molecular weight excluding hydrogens is 406 g/mol. The molecule has 0 radical (unpaired) electrons. The smallest absolute Gasteiger partial charge is 0.251 e. The van der Waals surface area contributed by atoms with Gasteiger partial charge in [-0.1, -0.05) is 6.07 Å². The van der Waals surface area contributed by atoms with Crippen LogP contribution in [0.25, 0.3) is 0 Å². The normalized spacial score (nSPS) is 17.7. The molecule has 2 aliphatic rings. The number of carbonyl (C=O) groups is 1. The molecule has 2 fully saturated rings. The molecule has 6 nitrogen and oxygen atoms in total. The molecule has 4 rings (SSSR count). The van der Waals surface area contributed by atoms with Gasteiger partial charge in [0, 0.05) is 43.2 Å². The Morgan fingerprint density at radius 1 is 1.03 bits per heavy atom. The van der Waals surface area contributed by atoms with Crippen LogP contribution in [0, 0.1) is 0 Å². The second kappa shape index (κ2) is 8.85. The summed E-state index contributed by atoms with van der Waals surface area (Å²) in [4.78, 5) is 16.3. The van der Waals surface area contributed by atoms with E-state index in [1.807, 2.05) is 23.6 Å². The van der Waals surface area contributed by atoms with Crippen molar-refractivity contribution in [3.63, 3.8) is 0 Å². The maximum atomic E-state index is 13.3. The summed E-state index contributed by atoms with van der Waals surface area (Å²) in [6.07, 6.45) is 4.68. The van der Waals surface area contributed by atoms with Gasteiger partial charge >= 0.3 is 0 Å². The van der Waals surface area contributed by atoms with Crippen LogP contribution in [-0.4, -0.2) is 51.4 Å². The topological polar surface area (TPSA) is 69.7 Å². The molecule has 1 aromatic carbocycles. The number of nitrogens with zero attached hydrogens (tertiary/aromatic N) is 2. The molecule has 2 saturated heterocycles. The predicted octanol–water partition coefficient (Wildman–Crippen LogP) is 3.11. The standard InChI is InChI=1S/C21H27N3O3S2/c25-21(22-10-9-18-6-5-15-28-18)17-7-8-19(23-11-1-2-12-23)20(16-17)29(26,27)24-13-3-4-14-24/h5-8,15-16H,1-4,9-14H2,(H,22,25). The summed E-state index contributed by atoms with van der Waals surface area (Å²) in [5.74, 6) is -0.229. The van der Waals surface area contributed by atoms with Crippen LogP contribution in [0.2, 0.25) is 0 Å². The van der Waals surface area contributed by atoms with Crippen LogP contribution >= 0.6 is 11.3 Å². The summed E-state index contributed by atoms with van der Waals surface area (Å²) in [6, 6.07) is 9.16. The minimum absolute atomic E-state index is 0.229. The third-order valence-electron chi connectivity index (χ3n) is 5.59. The van der Waals surface area contributed by atoms with Crippen LogP contribution < -0.4 is 10.2 Å². The molecule has 1 N–H and O–H groups in total. The lowest BCUT2D eigenvalue weighted by Gasteiger charge is -2.24. The molecule has 29 heavy (non-hydrogen) atoms. The Balaban J connectivity index is 1.57. The number of amides is 1. The van der Waals surface area contributed by atoms with E-state index in [1.165, 1.54) is 4.88 Å². The highest BCUT2D eigenvalue weighted by atomic mass is 32.2. The van der Waals surface area contributed by atoms with Crippen LogP contribution in [-0.2, 0) is 16.4 Å². The summed E-state index contributed by atoms with van der Waals surface area (Å²) < 4.78 is 28.2. The van der Waals surface area contributed by atoms with E-state index >= 15 is 0 Å². The Labute approximate surface area is 176 Å². The number of sulfonamides is 1. The highest BCUT2D eigenvalue weighted by Gasteiger charge is 2.32. The van der Waals surface area contributed by atoms with E-state index in [-0.39, 0.29) is 10.8 Å². The van der Waals surface area contributed by atoms with E-state index in [0.717, 1.165) is 50.9 Å². The quantitative estimate of drug-likeness (QED) is 0.728. The van der Waals surface area contributed by atoms with Gasteiger partial charge in [-0.05, 0) is 61.7 Å². The zero-order chi connectivity index (χ0) is 20.3. The van der Waals surface area contributed by atoms with Gasteiger partial charge in [0.05, 0.1) is 5.69 Å². The molecule has 0 aliphatic carbocycles. The van der Waals surface area contributed by atoms with Gasteiger partial charge in [-0.3, -0.25) is 4.79 Å². The van der Waals surface area contributed by atoms with E-state index in [0.29, 0.717) is 25.2 Å². The summed E-state index contributed by atoms with van der Waals surface area (Å²) in [7, 11) is -3.61. The van der Waals surface area contributed by atoms with Gasteiger partial charge in [-0.25, -0.2) is 8.42 Å². The summed E-state index contributed by atoms with van der Waals surface area (Å²) >= 11 is 1.66. The van der Waals surface area contributed by atoms with Gasteiger partial charge < -0.3 is 10.2 Å². The molecular formula is C21H27N3O3S2. The Bertz CT molecular complexity index is 946. The summed E-state index contributed by atoms with van der Waals surface area (Å²) in [6.45, 7) is 3.35. The number of thiophene rings is 1. The second-order valence-corrected chi connectivity index (χ2v) is 10.5. The van der Waals surface area contributed by atoms with Gasteiger partial charge in [-0.2, -0.15) is 4.31 Å². The lowest BCUT2D eigenvalue weighted by Crippen LogP contribution is -2.31. The van der Waals surface area contributed by atoms with E-state index < -0.39 is 10.0 Å². The average Bonchev–Trinajstić information content (AvgIpc) is 3.51. The van der Waals surface area contributed by atoms with Gasteiger partial charge in [0.1, 0.15) is 4.90 Å². The fraction of sp³-hybridized carbons (Fsp3) is 0.476. The Hall–Kier alpha value is -1.90. The SMILES string of the molecule is O=C(NCCc1cccs1)c1ccc(N2CCCC2)c(S(=O)(=O)N2CCCC2)c1. The van der Waals surface area contributed by atoms with Crippen LogP contribution in [0.4, 0.5) is 5.69 Å². The van der Waals surface area contributed by atoms with Crippen molar-refractivity contribution in [1.29, 1.82) is 0 Å². The molecule has 0 saturated carbocycles. The van der Waals surface area contributed by atoms with Gasteiger partial charge in [-0.15, -0.1) is 11.3 Å². The molecule has 1 aromatic heterocycles. The van der Waals surface area contributed by atoms with Crippen molar-refractivity contribution in [2.45, 2.75) is 37.0 Å². The monoisotopic (exact) mass is 433 g/mol. The first-order valence-corrected chi connectivity index (χ1v) is 12.6. The first kappa shape index (κ1) is 20.4. The van der Waals surface area contributed by atoms with Crippen LogP contribution in [0.15, 0.2) is 40.6 Å². The van der Waals surface area contributed by atoms with Gasteiger partial charge in [0.2, 0.25) is 10.0 Å². The van der Waals surface area contributed by atoms with E-state index in [1.54, 1.807) is 27.8 Å². The molecule has 0 spiro atoms. The molecule has 156 valence electrons. The van der Waals surface area contributed by atoms with Gasteiger partial charge in [0.15, 0.2) is 0 Å². The van der Waals surface area contributed by atoms with Crippen molar-refractivity contribution in [1.82, 2.24) is 9.62 Å². The first-order chi connectivity index (χ1) is 14.1. The molecule has 0 bridgehead atoms. The van der Waals surface area contributed by atoms with Crippen LogP contribution in [0.3, 0.4) is 0 Å². The van der Waals surface area contributed by atoms with Gasteiger partial charge in [0.25, 0.3) is 5.91 Å². The zero-order valence-corrected chi connectivity index (χ0v) is 18.1. The summed E-state index contributed by atoms with van der Waals surface area (Å²) in [5, 5.41) is 4.94. The lowest BCUT2D eigenvalue weighted by molar-refractivity contribution is 0.0954. The fourth-order valence-corrected chi connectivity index (χ4v) is 6.47. The van der Waals surface area contributed by atoms with Crippen molar-refractivity contribution < 1.29 is 13.2 Å². The van der Waals surface area contributed by atoms with Crippen molar-refractivity contribution >= 4 is 33.0 Å². The first-order valence-electron chi connectivity index (χ1n) is 10.3. The van der Waals surface area contributed by atoms with Crippen molar-refractivity contribution in [3.8, 4) is 0 Å².